The van der Waals surface area contributed by atoms with Crippen molar-refractivity contribution in [3.63, 3.8) is 0 Å². The first-order valence-electron chi connectivity index (χ1n) is 3.97. The van der Waals surface area contributed by atoms with Crippen LogP contribution in [0.15, 0.2) is 30.5 Å². The van der Waals surface area contributed by atoms with Crippen molar-refractivity contribution in [3.8, 4) is 11.8 Å². The third-order valence-electron chi connectivity index (χ3n) is 1.84. The highest BCUT2D eigenvalue weighted by Gasteiger charge is 2.00. The third kappa shape index (κ3) is 1.34. The smallest absolute Gasteiger partial charge is 0.174 e. The Morgan fingerprint density at radius 2 is 2.31 bits per heavy atom. The summed E-state index contributed by atoms with van der Waals surface area (Å²) in [7, 11) is 0. The maximum absolute atomic E-state index is 8.37. The van der Waals surface area contributed by atoms with Crippen molar-refractivity contribution in [1.82, 2.24) is 4.98 Å². The van der Waals surface area contributed by atoms with Crippen molar-refractivity contribution in [1.29, 1.82) is 5.26 Å². The zero-order valence-corrected chi connectivity index (χ0v) is 6.95. The molecule has 0 aliphatic rings. The normalized spacial score (nSPS) is 9.77. The number of rotatable bonds is 2. The standard InChI is InChI=1S/C10H8N2O/c11-5-7-13-9-3-1-2-8-4-6-12-10(8)9/h1-4,6,12H,7H2. The zero-order valence-electron chi connectivity index (χ0n) is 6.95. The maximum Gasteiger partial charge on any atom is 0.174 e. The summed E-state index contributed by atoms with van der Waals surface area (Å²) in [5, 5.41) is 9.46. The molecule has 2 rings (SSSR count). The lowest BCUT2D eigenvalue weighted by atomic mass is 10.2. The Morgan fingerprint density at radius 3 is 3.15 bits per heavy atom. The molecule has 1 aromatic heterocycles. The molecular weight excluding hydrogens is 164 g/mol. The minimum Gasteiger partial charge on any atom is -0.477 e. The van der Waals surface area contributed by atoms with E-state index >= 15 is 0 Å². The van der Waals surface area contributed by atoms with Gasteiger partial charge >= 0.3 is 0 Å². The molecule has 0 amide bonds. The number of nitrogens with one attached hydrogen (secondary N) is 1. The Bertz CT molecular complexity index is 453. The predicted molar refractivity (Wildman–Crippen MR) is 49.4 cm³/mol. The Balaban J connectivity index is 2.44. The quantitative estimate of drug-likeness (QED) is 0.753. The molecule has 0 aliphatic heterocycles. The van der Waals surface area contributed by atoms with Crippen LogP contribution in [0.1, 0.15) is 0 Å². The van der Waals surface area contributed by atoms with Gasteiger partial charge in [0.1, 0.15) is 11.8 Å². The molecule has 3 heteroatoms. The molecule has 2 aromatic rings. The number of nitriles is 1. The molecule has 1 heterocycles. The molecule has 0 saturated heterocycles. The van der Waals surface area contributed by atoms with Gasteiger partial charge in [-0.05, 0) is 12.1 Å². The molecule has 0 saturated carbocycles. The summed E-state index contributed by atoms with van der Waals surface area (Å²) in [4.78, 5) is 3.06. The fourth-order valence-electron chi connectivity index (χ4n) is 1.29. The van der Waals surface area contributed by atoms with E-state index in [0.717, 1.165) is 16.7 Å². The van der Waals surface area contributed by atoms with E-state index in [2.05, 4.69) is 4.98 Å². The van der Waals surface area contributed by atoms with Crippen molar-refractivity contribution < 1.29 is 4.74 Å². The maximum atomic E-state index is 8.37. The van der Waals surface area contributed by atoms with Crippen LogP contribution in [0.4, 0.5) is 0 Å². The number of ether oxygens (including phenoxy) is 1. The second-order valence-electron chi connectivity index (χ2n) is 2.64. The molecule has 0 spiro atoms. The van der Waals surface area contributed by atoms with Crippen molar-refractivity contribution >= 4 is 10.9 Å². The summed E-state index contributed by atoms with van der Waals surface area (Å²) in [6.07, 6.45) is 1.85. The van der Waals surface area contributed by atoms with Crippen LogP contribution in [-0.2, 0) is 0 Å². The Morgan fingerprint density at radius 1 is 1.38 bits per heavy atom. The average molecular weight is 172 g/mol. The first-order chi connectivity index (χ1) is 6.42. The van der Waals surface area contributed by atoms with Gasteiger partial charge in [0.15, 0.2) is 6.61 Å². The van der Waals surface area contributed by atoms with Gasteiger partial charge in [-0.3, -0.25) is 0 Å². The first-order valence-corrected chi connectivity index (χ1v) is 3.97. The molecule has 0 radical (unpaired) electrons. The van der Waals surface area contributed by atoms with E-state index in [0.29, 0.717) is 0 Å². The van der Waals surface area contributed by atoms with Gasteiger partial charge in [-0.15, -0.1) is 0 Å². The lowest BCUT2D eigenvalue weighted by molar-refractivity contribution is 0.372. The van der Waals surface area contributed by atoms with E-state index in [-0.39, 0.29) is 6.61 Å². The average Bonchev–Trinajstić information content (AvgIpc) is 2.62. The lowest BCUT2D eigenvalue weighted by Crippen LogP contribution is -1.93. The molecule has 0 bridgehead atoms. The Kier molecular flexibility index (Phi) is 1.89. The second kappa shape index (κ2) is 3.20. The summed E-state index contributed by atoms with van der Waals surface area (Å²) in [6, 6.07) is 9.64. The fourth-order valence-corrected chi connectivity index (χ4v) is 1.29. The summed E-state index contributed by atoms with van der Waals surface area (Å²) < 4.78 is 5.23. The third-order valence-corrected chi connectivity index (χ3v) is 1.84. The largest absolute Gasteiger partial charge is 0.477 e. The van der Waals surface area contributed by atoms with E-state index < -0.39 is 0 Å². The molecule has 1 N–H and O–H groups in total. The van der Waals surface area contributed by atoms with E-state index in [1.165, 1.54) is 0 Å². The van der Waals surface area contributed by atoms with Crippen molar-refractivity contribution in [2.24, 2.45) is 0 Å². The van der Waals surface area contributed by atoms with Crippen LogP contribution in [0, 0.1) is 11.3 Å². The molecule has 0 aliphatic carbocycles. The number of para-hydroxylation sites is 1. The van der Waals surface area contributed by atoms with Crippen LogP contribution in [-0.4, -0.2) is 11.6 Å². The van der Waals surface area contributed by atoms with E-state index in [1.807, 2.05) is 36.5 Å². The van der Waals surface area contributed by atoms with Crippen molar-refractivity contribution in [2.45, 2.75) is 0 Å². The summed E-state index contributed by atoms with van der Waals surface area (Å²) in [5.74, 6) is 0.726. The lowest BCUT2D eigenvalue weighted by Gasteiger charge is -2.01. The van der Waals surface area contributed by atoms with Crippen LogP contribution in [0.5, 0.6) is 5.75 Å². The van der Waals surface area contributed by atoms with Gasteiger partial charge in [0.2, 0.25) is 0 Å². The molecule has 64 valence electrons. The van der Waals surface area contributed by atoms with Crippen LogP contribution < -0.4 is 4.74 Å². The highest BCUT2D eigenvalue weighted by Crippen LogP contribution is 2.23. The fraction of sp³-hybridized carbons (Fsp3) is 0.100. The summed E-state index contributed by atoms with van der Waals surface area (Å²) in [6.45, 7) is 0.0815. The first kappa shape index (κ1) is 7.69. The molecule has 1 aromatic carbocycles. The van der Waals surface area contributed by atoms with Crippen LogP contribution >= 0.6 is 0 Å². The predicted octanol–water partition coefficient (Wildman–Crippen LogP) is 2.07. The number of aromatic nitrogens is 1. The molecule has 0 atom stereocenters. The van der Waals surface area contributed by atoms with Gasteiger partial charge in [0, 0.05) is 11.6 Å². The number of H-pyrrole nitrogens is 1. The van der Waals surface area contributed by atoms with E-state index in [1.54, 1.807) is 0 Å². The number of fused-ring (bicyclic) bond motifs is 1. The highest BCUT2D eigenvalue weighted by atomic mass is 16.5. The molecule has 0 unspecified atom stereocenters. The minimum absolute atomic E-state index is 0.0815. The number of hydrogen-bond acceptors (Lipinski definition) is 2. The van der Waals surface area contributed by atoms with Crippen LogP contribution in [0.3, 0.4) is 0 Å². The highest BCUT2D eigenvalue weighted by molar-refractivity contribution is 5.85. The molecular formula is C10H8N2O. The monoisotopic (exact) mass is 172 g/mol. The van der Waals surface area contributed by atoms with Crippen LogP contribution in [0.2, 0.25) is 0 Å². The molecule has 3 nitrogen and oxygen atoms in total. The number of benzene rings is 1. The van der Waals surface area contributed by atoms with Gasteiger partial charge in [-0.1, -0.05) is 12.1 Å². The van der Waals surface area contributed by atoms with Crippen molar-refractivity contribution in [2.75, 3.05) is 6.61 Å². The van der Waals surface area contributed by atoms with Gasteiger partial charge in [0.05, 0.1) is 5.52 Å². The van der Waals surface area contributed by atoms with Gasteiger partial charge in [-0.2, -0.15) is 5.26 Å². The zero-order chi connectivity index (χ0) is 9.10. The molecule has 13 heavy (non-hydrogen) atoms. The number of hydrogen-bond donors (Lipinski definition) is 1. The second-order valence-corrected chi connectivity index (χ2v) is 2.64. The number of nitrogens with zero attached hydrogens (tertiary/aromatic N) is 1. The van der Waals surface area contributed by atoms with Gasteiger partial charge in [-0.25, -0.2) is 0 Å². The Hall–Kier alpha value is -1.95. The molecule has 0 fully saturated rings. The van der Waals surface area contributed by atoms with Gasteiger partial charge in [0.25, 0.3) is 0 Å². The van der Waals surface area contributed by atoms with E-state index in [9.17, 15) is 0 Å². The van der Waals surface area contributed by atoms with Crippen LogP contribution in [0.25, 0.3) is 10.9 Å². The SMILES string of the molecule is N#CCOc1cccc2cc[nH]c12. The topological polar surface area (TPSA) is 48.8 Å². The van der Waals surface area contributed by atoms with Crippen molar-refractivity contribution in [3.05, 3.63) is 30.5 Å². The van der Waals surface area contributed by atoms with Gasteiger partial charge < -0.3 is 9.72 Å². The summed E-state index contributed by atoms with van der Waals surface area (Å²) >= 11 is 0. The number of aromatic amines is 1. The Labute approximate surface area is 75.6 Å². The minimum atomic E-state index is 0.0815. The van der Waals surface area contributed by atoms with E-state index in [4.69, 9.17) is 10.00 Å². The summed E-state index contributed by atoms with van der Waals surface area (Å²) in [5.41, 5.74) is 0.942.